The molecule has 0 aliphatic rings. The van der Waals surface area contributed by atoms with E-state index in [1.165, 1.54) is 41.3 Å². The first kappa shape index (κ1) is 31.1. The van der Waals surface area contributed by atoms with Gasteiger partial charge in [-0.2, -0.15) is 0 Å². The van der Waals surface area contributed by atoms with Crippen molar-refractivity contribution in [3.05, 3.63) is 94.8 Å². The van der Waals surface area contributed by atoms with Gasteiger partial charge in [0.15, 0.2) is 0 Å². The molecule has 3 rings (SSSR count). The monoisotopic (exact) mass is 587 g/mol. The molecule has 3 aromatic rings. The van der Waals surface area contributed by atoms with Gasteiger partial charge in [-0.15, -0.1) is 0 Å². The molecule has 214 valence electrons. The average molecular weight is 588 g/mol. The van der Waals surface area contributed by atoms with E-state index in [1.54, 1.807) is 50.2 Å². The average Bonchev–Trinajstić information content (AvgIpc) is 2.93. The summed E-state index contributed by atoms with van der Waals surface area (Å²) in [5.74, 6) is -1.35. The van der Waals surface area contributed by atoms with Gasteiger partial charge in [0.25, 0.3) is 10.0 Å². The summed E-state index contributed by atoms with van der Waals surface area (Å²) in [5.41, 5.74) is 1.46. The van der Waals surface area contributed by atoms with Crippen LogP contribution in [-0.4, -0.2) is 43.8 Å². The van der Waals surface area contributed by atoms with E-state index in [4.69, 9.17) is 11.6 Å². The molecular weight excluding hydrogens is 553 g/mol. The third-order valence-electron chi connectivity index (χ3n) is 6.69. The molecule has 0 unspecified atom stereocenters. The molecular formula is C30H35ClFN3O4S. The topological polar surface area (TPSA) is 86.8 Å². The van der Waals surface area contributed by atoms with E-state index in [0.29, 0.717) is 34.7 Å². The fraction of sp³-hybridized carbons (Fsp3) is 0.333. The fourth-order valence-corrected chi connectivity index (χ4v) is 6.01. The molecule has 40 heavy (non-hydrogen) atoms. The zero-order valence-electron chi connectivity index (χ0n) is 23.1. The van der Waals surface area contributed by atoms with E-state index in [9.17, 15) is 22.4 Å². The predicted molar refractivity (Wildman–Crippen MR) is 156 cm³/mol. The maximum atomic E-state index is 14.1. The molecule has 0 saturated carbocycles. The van der Waals surface area contributed by atoms with Crippen LogP contribution >= 0.6 is 11.6 Å². The maximum Gasteiger partial charge on any atom is 0.264 e. The van der Waals surface area contributed by atoms with Crippen molar-refractivity contribution >= 4 is 39.1 Å². The lowest BCUT2D eigenvalue weighted by molar-refractivity contribution is -0.140. The molecule has 0 bridgehead atoms. The summed E-state index contributed by atoms with van der Waals surface area (Å²) in [6.07, 6.45) is 0.994. The van der Waals surface area contributed by atoms with Crippen molar-refractivity contribution in [2.75, 3.05) is 10.8 Å². The van der Waals surface area contributed by atoms with Crippen LogP contribution in [0.2, 0.25) is 5.02 Å². The normalized spacial score (nSPS) is 12.8. The summed E-state index contributed by atoms with van der Waals surface area (Å²) < 4.78 is 42.4. The molecule has 0 aliphatic carbocycles. The van der Waals surface area contributed by atoms with Crippen LogP contribution in [0.1, 0.15) is 44.7 Å². The van der Waals surface area contributed by atoms with Gasteiger partial charge in [-0.05, 0) is 80.3 Å². The summed E-state index contributed by atoms with van der Waals surface area (Å²) in [6, 6.07) is 17.2. The second-order valence-corrected chi connectivity index (χ2v) is 11.9. The summed E-state index contributed by atoms with van der Waals surface area (Å²) >= 11 is 6.14. The molecule has 1 N–H and O–H groups in total. The van der Waals surface area contributed by atoms with Crippen LogP contribution in [0.5, 0.6) is 0 Å². The second kappa shape index (κ2) is 13.8. The number of nitrogens with one attached hydrogen (secondary N) is 1. The van der Waals surface area contributed by atoms with Crippen LogP contribution in [-0.2, 0) is 26.2 Å². The van der Waals surface area contributed by atoms with Crippen molar-refractivity contribution in [1.82, 2.24) is 10.2 Å². The van der Waals surface area contributed by atoms with Crippen molar-refractivity contribution in [2.45, 2.75) is 64.1 Å². The van der Waals surface area contributed by atoms with Crippen molar-refractivity contribution in [3.8, 4) is 0 Å². The predicted octanol–water partition coefficient (Wildman–Crippen LogP) is 5.70. The molecule has 0 aliphatic heterocycles. The second-order valence-electron chi connectivity index (χ2n) is 9.65. The maximum absolute atomic E-state index is 14.1. The Balaban J connectivity index is 2.07. The van der Waals surface area contributed by atoms with Crippen molar-refractivity contribution < 1.29 is 22.4 Å². The fourth-order valence-electron chi connectivity index (χ4n) is 4.28. The number of aryl methyl sites for hydroxylation is 1. The van der Waals surface area contributed by atoms with Crippen LogP contribution < -0.4 is 9.62 Å². The third kappa shape index (κ3) is 7.61. The van der Waals surface area contributed by atoms with Crippen molar-refractivity contribution in [3.63, 3.8) is 0 Å². The highest BCUT2D eigenvalue weighted by Crippen LogP contribution is 2.29. The zero-order chi connectivity index (χ0) is 29.4. The van der Waals surface area contributed by atoms with Gasteiger partial charge in [0.1, 0.15) is 18.4 Å². The number of nitrogens with zero attached hydrogens (tertiary/aromatic N) is 2. The van der Waals surface area contributed by atoms with E-state index < -0.39 is 34.3 Å². The number of halogens is 2. The Labute approximate surface area is 241 Å². The first-order valence-electron chi connectivity index (χ1n) is 13.2. The summed E-state index contributed by atoms with van der Waals surface area (Å²) in [5, 5.41) is 3.35. The van der Waals surface area contributed by atoms with Crippen LogP contribution in [0.15, 0.2) is 77.7 Å². The molecule has 0 aromatic heterocycles. The number of benzene rings is 3. The lowest BCUT2D eigenvalue weighted by Crippen LogP contribution is -2.53. The molecule has 2 amide bonds. The van der Waals surface area contributed by atoms with E-state index in [1.807, 2.05) is 13.8 Å². The lowest BCUT2D eigenvalue weighted by atomic mass is 10.1. The Kier molecular flexibility index (Phi) is 10.7. The molecule has 3 aromatic carbocycles. The van der Waals surface area contributed by atoms with Gasteiger partial charge in [0, 0.05) is 17.6 Å². The molecule has 0 radical (unpaired) electrons. The van der Waals surface area contributed by atoms with Gasteiger partial charge in [0.2, 0.25) is 11.8 Å². The Morgan fingerprint density at radius 2 is 1.62 bits per heavy atom. The van der Waals surface area contributed by atoms with Crippen LogP contribution in [0, 0.1) is 12.7 Å². The number of rotatable bonds is 12. The number of sulfonamides is 1. The zero-order valence-corrected chi connectivity index (χ0v) is 24.7. The largest absolute Gasteiger partial charge is 0.352 e. The van der Waals surface area contributed by atoms with E-state index in [0.717, 1.165) is 4.31 Å². The summed E-state index contributed by atoms with van der Waals surface area (Å²) in [7, 11) is -4.18. The minimum Gasteiger partial charge on any atom is -0.352 e. The molecule has 0 fully saturated rings. The minimum absolute atomic E-state index is 0.00955. The van der Waals surface area contributed by atoms with E-state index >= 15 is 0 Å². The van der Waals surface area contributed by atoms with Gasteiger partial charge >= 0.3 is 0 Å². The van der Waals surface area contributed by atoms with Crippen LogP contribution in [0.4, 0.5) is 10.1 Å². The van der Waals surface area contributed by atoms with E-state index in [-0.39, 0.29) is 23.4 Å². The first-order chi connectivity index (χ1) is 19.0. The van der Waals surface area contributed by atoms with Gasteiger partial charge in [-0.1, -0.05) is 55.8 Å². The Morgan fingerprint density at radius 3 is 2.20 bits per heavy atom. The number of hydrogen-bond acceptors (Lipinski definition) is 4. The third-order valence-corrected chi connectivity index (χ3v) is 8.70. The molecule has 7 nitrogen and oxygen atoms in total. The minimum atomic E-state index is -4.18. The number of carbonyl (C=O) groups is 2. The lowest BCUT2D eigenvalue weighted by Gasteiger charge is -2.34. The summed E-state index contributed by atoms with van der Waals surface area (Å²) in [6.45, 7) is 6.73. The van der Waals surface area contributed by atoms with Crippen molar-refractivity contribution in [1.29, 1.82) is 0 Å². The number of anilines is 1. The Bertz CT molecular complexity index is 1420. The number of carbonyl (C=O) groups excluding carboxylic acids is 2. The Hall–Kier alpha value is -3.43. The molecule has 0 spiro atoms. The van der Waals surface area contributed by atoms with E-state index in [2.05, 4.69) is 5.32 Å². The molecule has 0 heterocycles. The molecule has 2 atom stereocenters. The highest BCUT2D eigenvalue weighted by molar-refractivity contribution is 7.92. The quantitative estimate of drug-likeness (QED) is 0.294. The van der Waals surface area contributed by atoms with Gasteiger partial charge in [-0.3, -0.25) is 13.9 Å². The smallest absolute Gasteiger partial charge is 0.264 e. The number of hydrogen-bond donors (Lipinski definition) is 1. The standard InChI is InChI=1S/C30H35ClFN3O4S/c1-5-22(4)33-30(37)27(6-2)34(19-23-12-15-25(32)16-13-23)29(36)20-35(28-17-14-24(31)18-21(28)3)40(38,39)26-10-8-7-9-11-26/h7-18,22,27H,5-6,19-20H2,1-4H3,(H,33,37)/t22-,27+/m1/s1. The summed E-state index contributed by atoms with van der Waals surface area (Å²) in [4.78, 5) is 28.7. The van der Waals surface area contributed by atoms with Crippen LogP contribution in [0.25, 0.3) is 0 Å². The SMILES string of the molecule is CC[C@@H](C)NC(=O)[C@H](CC)N(Cc1ccc(F)cc1)C(=O)CN(c1ccc(Cl)cc1C)S(=O)(=O)c1ccccc1. The Morgan fingerprint density at radius 1 is 0.975 bits per heavy atom. The highest BCUT2D eigenvalue weighted by atomic mass is 35.5. The van der Waals surface area contributed by atoms with Gasteiger partial charge < -0.3 is 10.2 Å². The van der Waals surface area contributed by atoms with Crippen LogP contribution in [0.3, 0.4) is 0 Å². The van der Waals surface area contributed by atoms with Gasteiger partial charge in [0.05, 0.1) is 10.6 Å². The molecule has 10 heteroatoms. The highest BCUT2D eigenvalue weighted by Gasteiger charge is 2.34. The van der Waals surface area contributed by atoms with Gasteiger partial charge in [-0.25, -0.2) is 12.8 Å². The van der Waals surface area contributed by atoms with Crippen molar-refractivity contribution in [2.24, 2.45) is 0 Å². The molecule has 0 saturated heterocycles. The first-order valence-corrected chi connectivity index (χ1v) is 15.0. The number of amides is 2.